The van der Waals surface area contributed by atoms with Gasteiger partial charge in [-0.15, -0.1) is 0 Å². The molecule has 0 amide bonds. The Hall–Kier alpha value is -1.20. The Morgan fingerprint density at radius 2 is 1.80 bits per heavy atom. The van der Waals surface area contributed by atoms with Gasteiger partial charge in [0.05, 0.1) is 12.0 Å². The Labute approximate surface area is 189 Å². The summed E-state index contributed by atoms with van der Waals surface area (Å²) in [7, 11) is 0. The highest BCUT2D eigenvalue weighted by Gasteiger charge is 2.71. The zero-order valence-electron chi connectivity index (χ0n) is 17.3. The standard InChI is InChI=1S/C21H27IO8/c1-10(23)26-9-15-18(27-11(2)24)19(28-12(3)25)17-20(29-15)30-16-7-13(8-22)14-5-4-6-21(14,16)17/h8,14-20H,4-7,9H2,1-3H3/b13-8-/t14-,15-,16-,17-,18-,19-,20-,21+/m1/s1. The van der Waals surface area contributed by atoms with E-state index in [2.05, 4.69) is 26.7 Å². The summed E-state index contributed by atoms with van der Waals surface area (Å²) >= 11 is 2.28. The van der Waals surface area contributed by atoms with Crippen molar-refractivity contribution in [3.63, 3.8) is 0 Å². The van der Waals surface area contributed by atoms with Crippen LogP contribution in [0.4, 0.5) is 0 Å². The van der Waals surface area contributed by atoms with E-state index in [0.717, 1.165) is 25.7 Å². The molecule has 2 aliphatic carbocycles. The largest absolute Gasteiger partial charge is 0.463 e. The molecular formula is C21H27IO8. The summed E-state index contributed by atoms with van der Waals surface area (Å²) in [6, 6.07) is 0. The fraction of sp³-hybridized carbons (Fsp3) is 0.762. The predicted octanol–water partition coefficient (Wildman–Crippen LogP) is 2.66. The van der Waals surface area contributed by atoms with E-state index >= 15 is 0 Å². The fourth-order valence-electron chi connectivity index (χ4n) is 6.17. The molecule has 0 aromatic heterocycles. The van der Waals surface area contributed by atoms with E-state index in [4.69, 9.17) is 23.7 Å². The van der Waals surface area contributed by atoms with Gasteiger partial charge in [-0.25, -0.2) is 0 Å². The molecule has 4 rings (SSSR count). The number of hydrogen-bond acceptors (Lipinski definition) is 8. The zero-order valence-corrected chi connectivity index (χ0v) is 19.5. The highest BCUT2D eigenvalue weighted by atomic mass is 127. The molecule has 2 saturated heterocycles. The lowest BCUT2D eigenvalue weighted by Gasteiger charge is -2.47. The van der Waals surface area contributed by atoms with Crippen LogP contribution in [0.2, 0.25) is 0 Å². The van der Waals surface area contributed by atoms with Crippen LogP contribution in [0.3, 0.4) is 0 Å². The predicted molar refractivity (Wildman–Crippen MR) is 111 cm³/mol. The molecule has 0 N–H and O–H groups in total. The van der Waals surface area contributed by atoms with E-state index < -0.39 is 42.5 Å². The Morgan fingerprint density at radius 3 is 2.43 bits per heavy atom. The van der Waals surface area contributed by atoms with Gasteiger partial charge in [-0.2, -0.15) is 0 Å². The summed E-state index contributed by atoms with van der Waals surface area (Å²) in [5.74, 6) is -1.37. The highest BCUT2D eigenvalue weighted by molar-refractivity contribution is 14.1. The van der Waals surface area contributed by atoms with E-state index in [1.807, 2.05) is 0 Å². The van der Waals surface area contributed by atoms with Gasteiger partial charge in [0.1, 0.15) is 18.8 Å². The number of ether oxygens (including phenoxy) is 5. The lowest BCUT2D eigenvalue weighted by atomic mass is 9.65. The number of carbonyl (C=O) groups is 3. The van der Waals surface area contributed by atoms with Gasteiger partial charge in [0.2, 0.25) is 0 Å². The summed E-state index contributed by atoms with van der Waals surface area (Å²) < 4.78 is 31.3. The summed E-state index contributed by atoms with van der Waals surface area (Å²) in [5, 5.41) is 0. The third kappa shape index (κ3) is 3.56. The number of carbonyl (C=O) groups excluding carboxylic acids is 3. The minimum atomic E-state index is -0.877. The third-order valence-electron chi connectivity index (χ3n) is 6.98. The first-order valence-electron chi connectivity index (χ1n) is 10.4. The summed E-state index contributed by atoms with van der Waals surface area (Å²) in [6.45, 7) is 3.83. The SMILES string of the molecule is CC(=O)OC[C@H]1O[C@@H]2O[C@@H]3C/C(=C/I)[C@H]4CCC[C@]43[C@@H]2[C@@H](OC(C)=O)[C@@H]1OC(C)=O. The van der Waals surface area contributed by atoms with Crippen LogP contribution in [0.15, 0.2) is 9.66 Å². The van der Waals surface area contributed by atoms with Gasteiger partial charge in [0.15, 0.2) is 12.4 Å². The fourth-order valence-corrected chi connectivity index (χ4v) is 6.86. The van der Waals surface area contributed by atoms with Crippen molar-refractivity contribution in [2.24, 2.45) is 17.3 Å². The van der Waals surface area contributed by atoms with E-state index in [9.17, 15) is 14.4 Å². The molecule has 0 aromatic carbocycles. The first-order chi connectivity index (χ1) is 14.3. The summed E-state index contributed by atoms with van der Waals surface area (Å²) in [5.41, 5.74) is 1.15. The van der Waals surface area contributed by atoms with Crippen molar-refractivity contribution in [1.82, 2.24) is 0 Å². The number of rotatable bonds is 4. The third-order valence-corrected chi connectivity index (χ3v) is 7.78. The van der Waals surface area contributed by atoms with Crippen LogP contribution in [-0.2, 0) is 38.1 Å². The van der Waals surface area contributed by atoms with Gasteiger partial charge in [-0.1, -0.05) is 34.6 Å². The molecule has 0 radical (unpaired) electrons. The summed E-state index contributed by atoms with van der Waals surface area (Å²) in [4.78, 5) is 35.3. The molecule has 2 heterocycles. The molecule has 2 saturated carbocycles. The van der Waals surface area contributed by atoms with Crippen molar-refractivity contribution in [3.05, 3.63) is 9.66 Å². The molecule has 8 atom stereocenters. The van der Waals surface area contributed by atoms with Crippen molar-refractivity contribution in [1.29, 1.82) is 0 Å². The number of esters is 3. The molecule has 166 valence electrons. The van der Waals surface area contributed by atoms with Crippen LogP contribution >= 0.6 is 22.6 Å². The second kappa shape index (κ2) is 8.38. The molecule has 2 aliphatic heterocycles. The Kier molecular flexibility index (Phi) is 6.15. The molecule has 0 bridgehead atoms. The van der Waals surface area contributed by atoms with E-state index in [-0.39, 0.29) is 24.0 Å². The van der Waals surface area contributed by atoms with Crippen molar-refractivity contribution in [2.45, 2.75) is 77.2 Å². The molecule has 1 spiro atoms. The van der Waals surface area contributed by atoms with Crippen LogP contribution < -0.4 is 0 Å². The topological polar surface area (TPSA) is 97.4 Å². The maximum Gasteiger partial charge on any atom is 0.303 e. The highest BCUT2D eigenvalue weighted by Crippen LogP contribution is 2.68. The lowest BCUT2D eigenvalue weighted by Crippen LogP contribution is -2.60. The molecule has 4 aliphatic rings. The quantitative estimate of drug-likeness (QED) is 0.309. The molecule has 0 aromatic rings. The minimum Gasteiger partial charge on any atom is -0.463 e. The van der Waals surface area contributed by atoms with Gasteiger partial charge < -0.3 is 23.7 Å². The van der Waals surface area contributed by atoms with Gasteiger partial charge >= 0.3 is 17.9 Å². The van der Waals surface area contributed by atoms with Crippen molar-refractivity contribution < 1.29 is 38.1 Å². The van der Waals surface area contributed by atoms with Crippen LogP contribution in [0, 0.1) is 17.3 Å². The molecule has 4 fully saturated rings. The zero-order chi connectivity index (χ0) is 21.6. The van der Waals surface area contributed by atoms with E-state index in [1.165, 1.54) is 26.3 Å². The number of fused-ring (bicyclic) bond motifs is 1. The first-order valence-corrected chi connectivity index (χ1v) is 11.6. The second-order valence-electron chi connectivity index (χ2n) is 8.59. The van der Waals surface area contributed by atoms with Crippen molar-refractivity contribution in [3.8, 4) is 0 Å². The second-order valence-corrected chi connectivity index (χ2v) is 9.21. The van der Waals surface area contributed by atoms with E-state index in [1.54, 1.807) is 0 Å². The molecule has 0 unspecified atom stereocenters. The van der Waals surface area contributed by atoms with Gasteiger partial charge in [-0.05, 0) is 29.3 Å². The normalized spacial score (nSPS) is 42.9. The smallest absolute Gasteiger partial charge is 0.303 e. The van der Waals surface area contributed by atoms with Crippen molar-refractivity contribution in [2.75, 3.05) is 6.61 Å². The maximum absolute atomic E-state index is 12.1. The average molecular weight is 534 g/mol. The Morgan fingerprint density at radius 1 is 1.10 bits per heavy atom. The monoisotopic (exact) mass is 534 g/mol. The average Bonchev–Trinajstić information content (AvgIpc) is 3.29. The first kappa shape index (κ1) is 22.0. The van der Waals surface area contributed by atoms with Crippen LogP contribution in [-0.4, -0.2) is 55.2 Å². The maximum atomic E-state index is 12.1. The minimum absolute atomic E-state index is 0.0375. The summed E-state index contributed by atoms with van der Waals surface area (Å²) in [6.07, 6.45) is 0.848. The number of hydrogen-bond donors (Lipinski definition) is 0. The molecule has 9 heteroatoms. The van der Waals surface area contributed by atoms with Crippen LogP contribution in [0.25, 0.3) is 0 Å². The van der Waals surface area contributed by atoms with Gasteiger partial charge in [-0.3, -0.25) is 14.4 Å². The lowest BCUT2D eigenvalue weighted by molar-refractivity contribution is -0.277. The molecule has 8 nitrogen and oxygen atoms in total. The van der Waals surface area contributed by atoms with Crippen LogP contribution in [0.1, 0.15) is 46.5 Å². The van der Waals surface area contributed by atoms with Crippen LogP contribution in [0.5, 0.6) is 0 Å². The van der Waals surface area contributed by atoms with Gasteiger partial charge in [0, 0.05) is 26.2 Å². The van der Waals surface area contributed by atoms with Crippen molar-refractivity contribution >= 4 is 40.5 Å². The Bertz CT molecular complexity index is 766. The number of halogens is 1. The van der Waals surface area contributed by atoms with E-state index in [0.29, 0.717) is 5.92 Å². The Balaban J connectivity index is 1.73. The molecular weight excluding hydrogens is 507 g/mol. The van der Waals surface area contributed by atoms with Gasteiger partial charge in [0.25, 0.3) is 0 Å². The molecule has 30 heavy (non-hydrogen) atoms.